The van der Waals surface area contributed by atoms with Crippen LogP contribution in [0.3, 0.4) is 0 Å². The van der Waals surface area contributed by atoms with Crippen LogP contribution in [0.15, 0.2) is 136 Å². The SMILES string of the molecule is CC.CC.CC.CC.CC.CC.CC.CC.Cc1ccccc1C.Cc1cccnc1C.Cc1cccnc1C.Cc1ccncc1C.Cc1ccoc1C.Cc1ccoc1C.Cc1ccsc1C.Cc1ccsc1C. The second kappa shape index (κ2) is 65.7. The number of rotatable bonds is 0. The van der Waals surface area contributed by atoms with Gasteiger partial charge in [-0.05, 0) is 220 Å². The van der Waals surface area contributed by atoms with Crippen LogP contribution < -0.4 is 0 Å². The maximum Gasteiger partial charge on any atom is 0.103 e. The molecule has 0 amide bonds. The molecule has 8 aromatic rings. The minimum Gasteiger partial charge on any atom is -0.469 e. The Morgan fingerprint density at radius 2 is 0.592 bits per heavy atom. The van der Waals surface area contributed by atoms with Gasteiger partial charge >= 0.3 is 0 Å². The highest BCUT2D eigenvalue weighted by atomic mass is 32.1. The van der Waals surface area contributed by atoms with Gasteiger partial charge in [-0.3, -0.25) is 15.0 Å². The van der Waals surface area contributed by atoms with E-state index in [-0.39, 0.29) is 0 Å². The van der Waals surface area contributed by atoms with E-state index < -0.39 is 0 Å². The molecule has 0 radical (unpaired) electrons. The average Bonchev–Trinajstić information content (AvgIpc) is 4.26. The summed E-state index contributed by atoms with van der Waals surface area (Å²) in [6, 6.07) is 26.6. The molecule has 0 aliphatic carbocycles. The fraction of sp³-hybridized carbons (Fsp3) is 0.464. The number of aromatic nitrogens is 3. The molecule has 0 aliphatic heterocycles. The number of hydrogen-bond donors (Lipinski definition) is 0. The molecule has 76 heavy (non-hydrogen) atoms. The van der Waals surface area contributed by atoms with Crippen LogP contribution in [0.5, 0.6) is 0 Å². The Labute approximate surface area is 480 Å². The Morgan fingerprint density at radius 3 is 0.724 bits per heavy atom. The number of thiophene rings is 2. The second-order valence-corrected chi connectivity index (χ2v) is 16.7. The van der Waals surface area contributed by atoms with Gasteiger partial charge in [-0.1, -0.05) is 147 Å². The number of pyridine rings is 3. The molecule has 0 saturated heterocycles. The second-order valence-electron chi connectivity index (χ2n) is 14.5. The molecule has 8 rings (SSSR count). The average molecular weight is 1080 g/mol. The van der Waals surface area contributed by atoms with Gasteiger partial charge in [0.25, 0.3) is 0 Å². The summed E-state index contributed by atoms with van der Waals surface area (Å²) in [5, 5.41) is 4.23. The van der Waals surface area contributed by atoms with Gasteiger partial charge in [-0.2, -0.15) is 0 Å². The highest BCUT2D eigenvalue weighted by Crippen LogP contribution is 2.13. The maximum absolute atomic E-state index is 4.96. The summed E-state index contributed by atoms with van der Waals surface area (Å²) in [4.78, 5) is 15.0. The van der Waals surface area contributed by atoms with Gasteiger partial charge in [0.1, 0.15) is 11.5 Å². The van der Waals surface area contributed by atoms with Gasteiger partial charge in [0.15, 0.2) is 0 Å². The monoisotopic (exact) mass is 1080 g/mol. The zero-order valence-corrected chi connectivity index (χ0v) is 56.7. The van der Waals surface area contributed by atoms with Crippen LogP contribution in [0.1, 0.15) is 199 Å². The van der Waals surface area contributed by atoms with E-state index in [2.05, 4.69) is 143 Å². The Morgan fingerprint density at radius 1 is 0.289 bits per heavy atom. The fourth-order valence-corrected chi connectivity index (χ4v) is 5.59. The lowest BCUT2D eigenvalue weighted by Crippen LogP contribution is -1.81. The normalized spacial score (nSPS) is 8.00. The van der Waals surface area contributed by atoms with E-state index in [1.54, 1.807) is 35.2 Å². The number of benzene rings is 1. The molecule has 0 spiro atoms. The summed E-state index contributed by atoms with van der Waals surface area (Å²) in [5.74, 6) is 2.03. The first kappa shape index (κ1) is 87.3. The minimum absolute atomic E-state index is 1.01. The van der Waals surface area contributed by atoms with Gasteiger partial charge in [-0.25, -0.2) is 0 Å². The molecule has 0 N–H and O–H groups in total. The third kappa shape index (κ3) is 50.8. The van der Waals surface area contributed by atoms with Crippen molar-refractivity contribution in [2.24, 2.45) is 0 Å². The Kier molecular flexibility index (Phi) is 75.5. The lowest BCUT2D eigenvalue weighted by atomic mass is 10.1. The number of nitrogens with zero attached hydrogens (tertiary/aromatic N) is 3. The van der Waals surface area contributed by atoms with Crippen molar-refractivity contribution in [2.45, 2.75) is 222 Å². The molecule has 7 aromatic heterocycles. The summed E-state index contributed by atoms with van der Waals surface area (Å²) in [6.07, 6.45) is 10.7. The van der Waals surface area contributed by atoms with Gasteiger partial charge in [0.2, 0.25) is 0 Å². The molecule has 0 saturated carbocycles. The van der Waals surface area contributed by atoms with Crippen LogP contribution in [-0.4, -0.2) is 15.0 Å². The molecule has 432 valence electrons. The first-order valence-electron chi connectivity index (χ1n) is 28.1. The maximum atomic E-state index is 4.96. The Hall–Kier alpha value is -5.37. The molecular formula is C69H117N3O2S2. The van der Waals surface area contributed by atoms with Crippen molar-refractivity contribution in [3.05, 3.63) is 215 Å². The summed E-state index contributed by atoms with van der Waals surface area (Å²) in [6.45, 7) is 65.0. The van der Waals surface area contributed by atoms with E-state index >= 15 is 0 Å². The van der Waals surface area contributed by atoms with E-state index in [4.69, 9.17) is 8.83 Å². The summed E-state index contributed by atoms with van der Waals surface area (Å²) < 4.78 is 9.93. The third-order valence-electron chi connectivity index (χ3n) is 9.74. The Bertz CT molecular complexity index is 1850. The van der Waals surface area contributed by atoms with Crippen LogP contribution in [0.25, 0.3) is 0 Å². The quantitative estimate of drug-likeness (QED) is 0.151. The summed E-state index contributed by atoms with van der Waals surface area (Å²) >= 11 is 3.61. The van der Waals surface area contributed by atoms with Crippen LogP contribution in [0.4, 0.5) is 0 Å². The molecule has 7 heterocycles. The third-order valence-corrected chi connectivity index (χ3v) is 11.6. The largest absolute Gasteiger partial charge is 0.469 e. The Balaban J connectivity index is -0.000000112. The zero-order valence-electron chi connectivity index (χ0n) is 55.1. The van der Waals surface area contributed by atoms with Gasteiger partial charge in [-0.15, -0.1) is 22.7 Å². The predicted molar refractivity (Wildman–Crippen MR) is 352 cm³/mol. The van der Waals surface area contributed by atoms with Crippen molar-refractivity contribution in [1.82, 2.24) is 15.0 Å². The molecule has 7 heteroatoms. The zero-order chi connectivity index (χ0) is 61.0. The van der Waals surface area contributed by atoms with Crippen molar-refractivity contribution in [2.75, 3.05) is 0 Å². The molecule has 0 bridgehead atoms. The molecule has 1 aromatic carbocycles. The van der Waals surface area contributed by atoms with Gasteiger partial charge in [0, 0.05) is 45.9 Å². The van der Waals surface area contributed by atoms with Crippen LogP contribution in [0, 0.1) is 111 Å². The molecular weight excluding hydrogens is 967 g/mol. The predicted octanol–water partition coefficient (Wildman–Crippen LogP) is 24.1. The molecule has 0 fully saturated rings. The van der Waals surface area contributed by atoms with Gasteiger partial charge in [0.05, 0.1) is 12.5 Å². The van der Waals surface area contributed by atoms with Crippen LogP contribution in [0.2, 0.25) is 0 Å². The summed E-state index contributed by atoms with van der Waals surface area (Å²) in [5.41, 5.74) is 15.3. The molecule has 0 unspecified atom stereocenters. The van der Waals surface area contributed by atoms with Crippen molar-refractivity contribution >= 4 is 22.7 Å². The van der Waals surface area contributed by atoms with Crippen molar-refractivity contribution < 1.29 is 8.83 Å². The van der Waals surface area contributed by atoms with E-state index in [1.807, 2.05) is 207 Å². The topological polar surface area (TPSA) is 65.0 Å². The molecule has 0 aliphatic rings. The standard InChI is InChI=1S/C8H10.3C7H9N.2C6H8O.2C6H8S.8C2H6/c1-7-5-3-4-6-8(7)2;1-6-3-4-8-5-7(6)2;2*1-6-4-3-5-8-7(6)2;4*1-5-3-4-7-6(5)2;8*1-2/h3-6H,1-2H3;3*3-5H,1-2H3;4*3-4H,1-2H3;8*1-2H3. The van der Waals surface area contributed by atoms with E-state index in [9.17, 15) is 0 Å². The summed E-state index contributed by atoms with van der Waals surface area (Å²) in [7, 11) is 0. The smallest absolute Gasteiger partial charge is 0.103 e. The number of furan rings is 2. The van der Waals surface area contributed by atoms with Crippen LogP contribution >= 0.6 is 22.7 Å². The first-order chi connectivity index (χ1) is 36.4. The highest BCUT2D eigenvalue weighted by molar-refractivity contribution is 7.10. The van der Waals surface area contributed by atoms with E-state index in [0.717, 1.165) is 22.9 Å². The van der Waals surface area contributed by atoms with E-state index in [0.29, 0.717) is 0 Å². The fourth-order valence-electron chi connectivity index (χ4n) is 4.13. The van der Waals surface area contributed by atoms with Crippen LogP contribution in [-0.2, 0) is 0 Å². The van der Waals surface area contributed by atoms with Crippen molar-refractivity contribution in [3.63, 3.8) is 0 Å². The van der Waals surface area contributed by atoms with Crippen molar-refractivity contribution in [1.29, 1.82) is 0 Å². The van der Waals surface area contributed by atoms with E-state index in [1.165, 1.54) is 65.4 Å². The lowest BCUT2D eigenvalue weighted by molar-refractivity contribution is 0.531. The lowest BCUT2D eigenvalue weighted by Gasteiger charge is -1.93. The number of aryl methyl sites for hydroxylation is 16. The molecule has 5 nitrogen and oxygen atoms in total. The van der Waals surface area contributed by atoms with Crippen molar-refractivity contribution in [3.8, 4) is 0 Å². The minimum atomic E-state index is 1.01. The van der Waals surface area contributed by atoms with Gasteiger partial charge < -0.3 is 8.83 Å². The number of hydrogen-bond acceptors (Lipinski definition) is 7. The first-order valence-corrected chi connectivity index (χ1v) is 29.9. The highest BCUT2D eigenvalue weighted by Gasteiger charge is 1.91. The molecule has 0 atom stereocenters.